The number of aliphatic hydroxyl groups excluding tert-OH is 2. The van der Waals surface area contributed by atoms with Gasteiger partial charge in [0, 0.05) is 14.1 Å². The van der Waals surface area contributed by atoms with Crippen molar-refractivity contribution in [1.29, 1.82) is 0 Å². The van der Waals surface area contributed by atoms with E-state index in [1.807, 2.05) is 0 Å². The third kappa shape index (κ3) is 4.26. The van der Waals surface area contributed by atoms with Crippen LogP contribution in [0.5, 0.6) is 5.75 Å². The summed E-state index contributed by atoms with van der Waals surface area (Å²) in [6, 6.07) is 5.50. The molecule has 0 spiro atoms. The summed E-state index contributed by atoms with van der Waals surface area (Å²) in [7, 11) is 4.87. The van der Waals surface area contributed by atoms with Gasteiger partial charge in [0.1, 0.15) is 35.5 Å². The number of nitrogens with zero attached hydrogens (tertiary/aromatic N) is 2. The zero-order chi connectivity index (χ0) is 22.3. The molecule has 6 atom stereocenters. The van der Waals surface area contributed by atoms with Crippen molar-refractivity contribution < 1.29 is 38.0 Å². The second-order valence-corrected chi connectivity index (χ2v) is 8.66. The monoisotopic (exact) mass is 450 g/mol. The standard InChI is InChI=1S/C19H25F3N2O5S/c1-24(2)17-23-12-13(25)14(26)15(29-16(12)30-17)18(27,19(20,21)22)9-8-10-4-6-11(28-3)7-5-10/h4-7,12-16,25-27H,8-9H2,1-3H3/t12-,13-,14+,15?,16-,18?/m1/s1. The van der Waals surface area contributed by atoms with E-state index in [9.17, 15) is 28.5 Å². The second kappa shape index (κ2) is 8.54. The number of alkyl halides is 3. The molecule has 1 saturated heterocycles. The Morgan fingerprint density at radius 2 is 1.80 bits per heavy atom. The number of aliphatic hydroxyl groups is 3. The topological polar surface area (TPSA) is 94.8 Å². The highest BCUT2D eigenvalue weighted by Crippen LogP contribution is 2.45. The molecule has 2 aliphatic rings. The Kier molecular flexibility index (Phi) is 6.59. The minimum absolute atomic E-state index is 0.122. The Bertz CT molecular complexity index is 776. The normalized spacial score (nSPS) is 31.0. The highest BCUT2D eigenvalue weighted by atomic mass is 32.2. The van der Waals surface area contributed by atoms with Crippen molar-refractivity contribution in [2.45, 2.75) is 54.4 Å². The molecule has 3 rings (SSSR count). The van der Waals surface area contributed by atoms with Crippen LogP contribution in [0.3, 0.4) is 0 Å². The van der Waals surface area contributed by atoms with Gasteiger partial charge in [-0.2, -0.15) is 13.2 Å². The van der Waals surface area contributed by atoms with Gasteiger partial charge in [0.25, 0.3) is 0 Å². The predicted molar refractivity (Wildman–Crippen MR) is 105 cm³/mol. The van der Waals surface area contributed by atoms with Crippen molar-refractivity contribution in [3.63, 3.8) is 0 Å². The van der Waals surface area contributed by atoms with E-state index in [2.05, 4.69) is 4.99 Å². The first kappa shape index (κ1) is 23.1. The first-order valence-electron chi connectivity index (χ1n) is 9.33. The van der Waals surface area contributed by atoms with Gasteiger partial charge in [-0.1, -0.05) is 23.9 Å². The summed E-state index contributed by atoms with van der Waals surface area (Å²) in [5.41, 5.74) is -3.75. The molecule has 168 valence electrons. The van der Waals surface area contributed by atoms with Gasteiger partial charge in [-0.25, -0.2) is 0 Å². The number of rotatable bonds is 5. The molecule has 0 aromatic heterocycles. The molecule has 3 N–H and O–H groups in total. The molecule has 7 nitrogen and oxygen atoms in total. The number of methoxy groups -OCH3 is 1. The SMILES string of the molecule is COc1ccc(CCC(O)(C2O[C@@H]3SC(N(C)C)=N[C@@H]3[C@@H](O)[C@@H]2O)C(F)(F)F)cc1. The lowest BCUT2D eigenvalue weighted by Gasteiger charge is -2.46. The number of thioether (sulfide) groups is 1. The number of hydrogen-bond acceptors (Lipinski definition) is 8. The summed E-state index contributed by atoms with van der Waals surface area (Å²) in [6.45, 7) is 0. The summed E-state index contributed by atoms with van der Waals surface area (Å²) in [5.74, 6) is 0.556. The fraction of sp³-hybridized carbons (Fsp3) is 0.632. The lowest BCUT2D eigenvalue weighted by molar-refractivity contribution is -0.326. The maximum atomic E-state index is 14.0. The zero-order valence-corrected chi connectivity index (χ0v) is 17.5. The van der Waals surface area contributed by atoms with E-state index in [1.54, 1.807) is 43.3 Å². The van der Waals surface area contributed by atoms with Gasteiger partial charge in [0.15, 0.2) is 10.8 Å². The summed E-state index contributed by atoms with van der Waals surface area (Å²) in [5, 5.41) is 32.0. The van der Waals surface area contributed by atoms with E-state index in [1.165, 1.54) is 7.11 Å². The van der Waals surface area contributed by atoms with Gasteiger partial charge < -0.3 is 29.7 Å². The van der Waals surface area contributed by atoms with Crippen LogP contribution in [-0.4, -0.2) is 88.2 Å². The summed E-state index contributed by atoms with van der Waals surface area (Å²) >= 11 is 1.05. The van der Waals surface area contributed by atoms with Gasteiger partial charge in [0.05, 0.1) is 7.11 Å². The molecule has 2 aliphatic heterocycles. The lowest BCUT2D eigenvalue weighted by Crippen LogP contribution is -2.67. The van der Waals surface area contributed by atoms with Crippen LogP contribution in [0.4, 0.5) is 13.2 Å². The Balaban J connectivity index is 1.82. The van der Waals surface area contributed by atoms with Crippen LogP contribution in [0.25, 0.3) is 0 Å². The molecular weight excluding hydrogens is 425 g/mol. The molecule has 1 fully saturated rings. The molecular formula is C19H25F3N2O5S. The number of hydrogen-bond donors (Lipinski definition) is 3. The molecule has 0 amide bonds. The van der Waals surface area contributed by atoms with Crippen LogP contribution >= 0.6 is 11.8 Å². The third-order valence-electron chi connectivity index (χ3n) is 5.35. The Morgan fingerprint density at radius 1 is 1.17 bits per heavy atom. The summed E-state index contributed by atoms with van der Waals surface area (Å²) in [4.78, 5) is 5.86. The van der Waals surface area contributed by atoms with Crippen LogP contribution in [0.1, 0.15) is 12.0 Å². The molecule has 0 bridgehead atoms. The van der Waals surface area contributed by atoms with Gasteiger partial charge in [0.2, 0.25) is 0 Å². The Morgan fingerprint density at radius 3 is 2.33 bits per heavy atom. The highest BCUT2D eigenvalue weighted by Gasteiger charge is 2.65. The number of benzene rings is 1. The third-order valence-corrected chi connectivity index (χ3v) is 6.65. The van der Waals surface area contributed by atoms with Crippen molar-refractivity contribution in [2.24, 2.45) is 4.99 Å². The van der Waals surface area contributed by atoms with Crippen LogP contribution in [0.2, 0.25) is 0 Å². The Labute approximate surface area is 176 Å². The molecule has 2 heterocycles. The minimum atomic E-state index is -5.09. The fourth-order valence-corrected chi connectivity index (χ4v) is 4.67. The first-order valence-corrected chi connectivity index (χ1v) is 10.2. The number of aliphatic imine (C=N–C) groups is 1. The van der Waals surface area contributed by atoms with Crippen molar-refractivity contribution in [1.82, 2.24) is 4.90 Å². The fourth-order valence-electron chi connectivity index (χ4n) is 3.53. The number of ether oxygens (including phenoxy) is 2. The quantitative estimate of drug-likeness (QED) is 0.624. The van der Waals surface area contributed by atoms with Crippen molar-refractivity contribution in [3.05, 3.63) is 29.8 Å². The first-order chi connectivity index (χ1) is 14.0. The van der Waals surface area contributed by atoms with E-state index < -0.39 is 48.0 Å². The minimum Gasteiger partial charge on any atom is -0.497 e. The zero-order valence-electron chi connectivity index (χ0n) is 16.7. The molecule has 2 unspecified atom stereocenters. The van der Waals surface area contributed by atoms with Gasteiger partial charge in [-0.3, -0.25) is 4.99 Å². The maximum absolute atomic E-state index is 14.0. The molecule has 11 heteroatoms. The van der Waals surface area contributed by atoms with E-state index in [0.717, 1.165) is 11.8 Å². The van der Waals surface area contributed by atoms with Crippen molar-refractivity contribution >= 4 is 16.9 Å². The van der Waals surface area contributed by atoms with E-state index in [4.69, 9.17) is 9.47 Å². The molecule has 1 aromatic rings. The largest absolute Gasteiger partial charge is 0.497 e. The van der Waals surface area contributed by atoms with Gasteiger partial charge in [-0.05, 0) is 30.5 Å². The number of fused-ring (bicyclic) bond motifs is 1. The molecule has 1 aromatic carbocycles. The van der Waals surface area contributed by atoms with Gasteiger partial charge >= 0.3 is 6.18 Å². The maximum Gasteiger partial charge on any atom is 0.419 e. The van der Waals surface area contributed by atoms with Crippen LogP contribution < -0.4 is 4.74 Å². The average molecular weight is 450 g/mol. The highest BCUT2D eigenvalue weighted by molar-refractivity contribution is 8.14. The average Bonchev–Trinajstić information content (AvgIpc) is 3.13. The lowest BCUT2D eigenvalue weighted by atomic mass is 9.81. The molecule has 30 heavy (non-hydrogen) atoms. The number of amidine groups is 1. The molecule has 0 radical (unpaired) electrons. The van der Waals surface area contributed by atoms with Crippen LogP contribution in [0, 0.1) is 0 Å². The summed E-state index contributed by atoms with van der Waals surface area (Å²) < 4.78 is 52.5. The molecule has 0 aliphatic carbocycles. The van der Waals surface area contributed by atoms with Crippen molar-refractivity contribution in [2.75, 3.05) is 21.2 Å². The van der Waals surface area contributed by atoms with Crippen LogP contribution in [0.15, 0.2) is 29.3 Å². The number of halogens is 3. The van der Waals surface area contributed by atoms with E-state index in [-0.39, 0.29) is 6.42 Å². The van der Waals surface area contributed by atoms with Gasteiger partial charge in [-0.15, -0.1) is 0 Å². The molecule has 0 saturated carbocycles. The van der Waals surface area contributed by atoms with E-state index >= 15 is 0 Å². The Hall–Kier alpha value is -1.53. The smallest absolute Gasteiger partial charge is 0.419 e. The second-order valence-electron chi connectivity index (χ2n) is 7.59. The van der Waals surface area contributed by atoms with E-state index in [0.29, 0.717) is 16.5 Å². The predicted octanol–water partition coefficient (Wildman–Crippen LogP) is 1.40. The number of aryl methyl sites for hydroxylation is 1. The summed E-state index contributed by atoms with van der Waals surface area (Å²) in [6.07, 6.45) is -11.6. The van der Waals surface area contributed by atoms with Crippen molar-refractivity contribution in [3.8, 4) is 5.75 Å². The van der Waals surface area contributed by atoms with Crippen LogP contribution in [-0.2, 0) is 11.2 Å².